The van der Waals surface area contributed by atoms with Crippen LogP contribution >= 0.6 is 0 Å². The van der Waals surface area contributed by atoms with Gasteiger partial charge in [0.15, 0.2) is 0 Å². The van der Waals surface area contributed by atoms with Gasteiger partial charge in [-0.05, 0) is 25.1 Å². The van der Waals surface area contributed by atoms with Crippen molar-refractivity contribution in [2.45, 2.75) is 12.5 Å². The van der Waals surface area contributed by atoms with Gasteiger partial charge in [0.25, 0.3) is 5.91 Å². The number of hydrogen-bond donors (Lipinski definition) is 1. The number of hydrogen-bond acceptors (Lipinski definition) is 3. The van der Waals surface area contributed by atoms with E-state index < -0.39 is 35.7 Å². The summed E-state index contributed by atoms with van der Waals surface area (Å²) in [6.07, 6.45) is 0. The smallest absolute Gasteiger partial charge is 0.319 e. The van der Waals surface area contributed by atoms with Crippen molar-refractivity contribution < 1.29 is 18.4 Å². The Morgan fingerprint density at radius 3 is 2.74 bits per heavy atom. The molecule has 1 aliphatic rings. The van der Waals surface area contributed by atoms with E-state index in [2.05, 4.69) is 5.32 Å². The normalized spacial score (nSPS) is 22.3. The zero-order chi connectivity index (χ0) is 14.2. The average Bonchev–Trinajstić information content (AvgIpc) is 2.57. The molecule has 1 saturated heterocycles. The molecule has 7 heteroatoms. The van der Waals surface area contributed by atoms with Gasteiger partial charge in [0.1, 0.15) is 23.7 Å². The Labute approximate surface area is 107 Å². The molecule has 0 unspecified atom stereocenters. The second-order valence-electron chi connectivity index (χ2n) is 4.23. The molecule has 1 atom stereocenters. The quantitative estimate of drug-likeness (QED) is 0.646. The topological polar surface area (TPSA) is 73.2 Å². The van der Waals surface area contributed by atoms with Crippen molar-refractivity contribution in [2.24, 2.45) is 0 Å². The summed E-state index contributed by atoms with van der Waals surface area (Å²) >= 11 is 0. The molecule has 1 aliphatic heterocycles. The maximum absolute atomic E-state index is 13.7. The Hall–Kier alpha value is -2.49. The molecule has 3 amide bonds. The lowest BCUT2D eigenvalue weighted by molar-refractivity contribution is -0.130. The van der Waals surface area contributed by atoms with Gasteiger partial charge < -0.3 is 5.32 Å². The second kappa shape index (κ2) is 4.31. The molecule has 0 aromatic heterocycles. The highest BCUT2D eigenvalue weighted by molar-refractivity contribution is 6.07. The van der Waals surface area contributed by atoms with Crippen molar-refractivity contribution in [3.8, 4) is 6.07 Å². The largest absolute Gasteiger partial charge is 0.326 e. The van der Waals surface area contributed by atoms with E-state index in [0.29, 0.717) is 4.90 Å². The summed E-state index contributed by atoms with van der Waals surface area (Å²) in [5, 5.41) is 10.8. The van der Waals surface area contributed by atoms with Gasteiger partial charge in [0.2, 0.25) is 0 Å². The third-order valence-corrected chi connectivity index (χ3v) is 2.97. The molecule has 2 rings (SSSR count). The Morgan fingerprint density at radius 1 is 1.42 bits per heavy atom. The Bertz CT molecular complexity index is 611. The predicted molar refractivity (Wildman–Crippen MR) is 59.6 cm³/mol. The van der Waals surface area contributed by atoms with Crippen molar-refractivity contribution in [2.75, 3.05) is 6.54 Å². The number of halogens is 2. The van der Waals surface area contributed by atoms with Crippen molar-refractivity contribution in [1.29, 1.82) is 5.26 Å². The van der Waals surface area contributed by atoms with Crippen LogP contribution in [-0.2, 0) is 10.3 Å². The van der Waals surface area contributed by atoms with E-state index in [1.807, 2.05) is 0 Å². The molecule has 1 aromatic carbocycles. The number of benzene rings is 1. The molecule has 0 saturated carbocycles. The van der Waals surface area contributed by atoms with Crippen LogP contribution < -0.4 is 5.32 Å². The fraction of sp³-hybridized carbons (Fsp3) is 0.250. The number of urea groups is 1. The summed E-state index contributed by atoms with van der Waals surface area (Å²) in [6.45, 7) is 0.819. The van der Waals surface area contributed by atoms with E-state index in [1.54, 1.807) is 6.07 Å². The SMILES string of the molecule is C[C@]1(c2cc(F)ccc2F)NC(=O)N(CC#N)C1=O. The molecule has 19 heavy (non-hydrogen) atoms. The van der Waals surface area contributed by atoms with Crippen LogP contribution in [0.2, 0.25) is 0 Å². The van der Waals surface area contributed by atoms with Crippen molar-refractivity contribution in [3.05, 3.63) is 35.4 Å². The molecule has 1 fully saturated rings. The van der Waals surface area contributed by atoms with Crippen LogP contribution in [0, 0.1) is 23.0 Å². The van der Waals surface area contributed by atoms with Gasteiger partial charge in [0.05, 0.1) is 6.07 Å². The van der Waals surface area contributed by atoms with Crippen molar-refractivity contribution in [3.63, 3.8) is 0 Å². The highest BCUT2D eigenvalue weighted by Gasteiger charge is 2.50. The minimum absolute atomic E-state index is 0.272. The van der Waals surface area contributed by atoms with E-state index >= 15 is 0 Å². The number of imide groups is 1. The van der Waals surface area contributed by atoms with Gasteiger partial charge >= 0.3 is 6.03 Å². The number of rotatable bonds is 2. The van der Waals surface area contributed by atoms with Gasteiger partial charge in [-0.25, -0.2) is 18.5 Å². The van der Waals surface area contributed by atoms with Crippen LogP contribution in [0.1, 0.15) is 12.5 Å². The fourth-order valence-electron chi connectivity index (χ4n) is 1.97. The number of amides is 3. The number of carbonyl (C=O) groups excluding carboxylic acids is 2. The van der Waals surface area contributed by atoms with Gasteiger partial charge in [-0.2, -0.15) is 5.26 Å². The Balaban J connectivity index is 2.50. The zero-order valence-corrected chi connectivity index (χ0v) is 9.91. The predicted octanol–water partition coefficient (Wildman–Crippen LogP) is 1.26. The van der Waals surface area contributed by atoms with E-state index in [0.717, 1.165) is 18.2 Å². The Morgan fingerprint density at radius 2 is 2.11 bits per heavy atom. The fourth-order valence-corrected chi connectivity index (χ4v) is 1.97. The van der Waals surface area contributed by atoms with Gasteiger partial charge in [-0.1, -0.05) is 0 Å². The first kappa shape index (κ1) is 13.0. The van der Waals surface area contributed by atoms with Crippen molar-refractivity contribution in [1.82, 2.24) is 10.2 Å². The number of carbonyl (C=O) groups is 2. The molecule has 98 valence electrons. The summed E-state index contributed by atoms with van der Waals surface area (Å²) in [4.78, 5) is 24.3. The molecular weight excluding hydrogens is 256 g/mol. The summed E-state index contributed by atoms with van der Waals surface area (Å²) in [7, 11) is 0. The highest BCUT2D eigenvalue weighted by atomic mass is 19.1. The molecule has 1 N–H and O–H groups in total. The first-order valence-electron chi connectivity index (χ1n) is 5.36. The number of nitrogens with zero attached hydrogens (tertiary/aromatic N) is 2. The lowest BCUT2D eigenvalue weighted by Gasteiger charge is -2.22. The monoisotopic (exact) mass is 265 g/mol. The summed E-state index contributed by atoms with van der Waals surface area (Å²) in [6, 6.07) is 3.50. The van der Waals surface area contributed by atoms with E-state index in [1.165, 1.54) is 6.92 Å². The molecular formula is C12H9F2N3O2. The summed E-state index contributed by atoms with van der Waals surface area (Å²) in [5.74, 6) is -2.32. The molecule has 0 radical (unpaired) electrons. The minimum Gasteiger partial charge on any atom is -0.319 e. The summed E-state index contributed by atoms with van der Waals surface area (Å²) in [5.41, 5.74) is -1.98. The second-order valence-corrected chi connectivity index (χ2v) is 4.23. The van der Waals surface area contributed by atoms with Gasteiger partial charge in [-0.15, -0.1) is 0 Å². The molecule has 0 spiro atoms. The summed E-state index contributed by atoms with van der Waals surface area (Å²) < 4.78 is 26.9. The van der Waals surface area contributed by atoms with Gasteiger partial charge in [-0.3, -0.25) is 4.79 Å². The van der Waals surface area contributed by atoms with Crippen LogP contribution in [0.25, 0.3) is 0 Å². The van der Waals surface area contributed by atoms with Crippen LogP contribution in [0.5, 0.6) is 0 Å². The molecule has 0 bridgehead atoms. The first-order chi connectivity index (χ1) is 8.90. The van der Waals surface area contributed by atoms with Crippen LogP contribution in [0.4, 0.5) is 13.6 Å². The zero-order valence-electron chi connectivity index (χ0n) is 9.91. The molecule has 5 nitrogen and oxygen atoms in total. The lowest BCUT2D eigenvalue weighted by Crippen LogP contribution is -2.41. The maximum Gasteiger partial charge on any atom is 0.326 e. The maximum atomic E-state index is 13.7. The molecule has 1 aromatic rings. The highest BCUT2D eigenvalue weighted by Crippen LogP contribution is 2.30. The molecule has 0 aliphatic carbocycles. The van der Waals surface area contributed by atoms with E-state index in [4.69, 9.17) is 5.26 Å². The van der Waals surface area contributed by atoms with Crippen molar-refractivity contribution >= 4 is 11.9 Å². The van der Waals surface area contributed by atoms with E-state index in [9.17, 15) is 18.4 Å². The number of nitrogens with one attached hydrogen (secondary N) is 1. The Kier molecular flexibility index (Phi) is 2.94. The van der Waals surface area contributed by atoms with Crippen LogP contribution in [-0.4, -0.2) is 23.4 Å². The lowest BCUT2D eigenvalue weighted by atomic mass is 9.91. The van der Waals surface area contributed by atoms with Crippen LogP contribution in [0.15, 0.2) is 18.2 Å². The van der Waals surface area contributed by atoms with Crippen LogP contribution in [0.3, 0.4) is 0 Å². The molecule has 1 heterocycles. The third-order valence-electron chi connectivity index (χ3n) is 2.97. The average molecular weight is 265 g/mol. The standard InChI is InChI=1S/C12H9F2N3O2/c1-12(8-6-7(13)2-3-9(8)14)10(18)17(5-4-15)11(19)16-12/h2-3,6H,5H2,1H3,(H,16,19)/t12-/m1/s1. The number of nitriles is 1. The van der Waals surface area contributed by atoms with E-state index in [-0.39, 0.29) is 5.56 Å². The van der Waals surface area contributed by atoms with Gasteiger partial charge in [0, 0.05) is 5.56 Å². The minimum atomic E-state index is -1.71. The first-order valence-corrected chi connectivity index (χ1v) is 5.36. The third kappa shape index (κ3) is 1.91.